The van der Waals surface area contributed by atoms with Gasteiger partial charge >= 0.3 is 0 Å². The highest BCUT2D eigenvalue weighted by molar-refractivity contribution is 7.89. The lowest BCUT2D eigenvalue weighted by Crippen LogP contribution is -2.36. The molecule has 0 heterocycles. The predicted octanol–water partition coefficient (Wildman–Crippen LogP) is 0.901. The van der Waals surface area contributed by atoms with Crippen LogP contribution in [0.15, 0.2) is 58.4 Å². The van der Waals surface area contributed by atoms with E-state index in [4.69, 9.17) is 5.14 Å². The maximum atomic E-state index is 11.9. The van der Waals surface area contributed by atoms with Crippen LogP contribution in [0.1, 0.15) is 21.5 Å². The molecule has 0 aliphatic rings. The first kappa shape index (κ1) is 21.4. The molecule has 0 spiro atoms. The van der Waals surface area contributed by atoms with Crippen molar-refractivity contribution in [1.82, 2.24) is 15.5 Å². The average Bonchev–Trinajstić information content (AvgIpc) is 2.67. The molecular weight excluding hydrogens is 378 g/mol. The summed E-state index contributed by atoms with van der Waals surface area (Å²) in [6.07, 6.45) is 0. The van der Waals surface area contributed by atoms with Crippen molar-refractivity contribution in [2.75, 3.05) is 21.1 Å². The number of hydrogen-bond donors (Lipinski definition) is 3. The molecule has 0 fully saturated rings. The van der Waals surface area contributed by atoms with Gasteiger partial charge in [0.15, 0.2) is 5.96 Å². The third-order valence-electron chi connectivity index (χ3n) is 4.00. The molecule has 9 heteroatoms. The van der Waals surface area contributed by atoms with Gasteiger partial charge in [-0.3, -0.25) is 9.79 Å². The van der Waals surface area contributed by atoms with Crippen molar-refractivity contribution < 1.29 is 13.2 Å². The number of sulfonamides is 1. The van der Waals surface area contributed by atoms with Crippen molar-refractivity contribution in [3.63, 3.8) is 0 Å². The number of primary sulfonamides is 1. The Kier molecular flexibility index (Phi) is 7.13. The maximum absolute atomic E-state index is 11.9. The van der Waals surface area contributed by atoms with Crippen molar-refractivity contribution in [3.05, 3.63) is 65.2 Å². The molecule has 0 saturated heterocycles. The molecule has 4 N–H and O–H groups in total. The summed E-state index contributed by atoms with van der Waals surface area (Å²) in [6, 6.07) is 13.7. The minimum Gasteiger partial charge on any atom is -0.352 e. The molecule has 8 nitrogen and oxygen atoms in total. The smallest absolute Gasteiger partial charge is 0.253 e. The number of amides is 1. The molecule has 0 bridgehead atoms. The number of guanidine groups is 1. The number of aliphatic imine (C=N–C) groups is 1. The van der Waals surface area contributed by atoms with Gasteiger partial charge in [-0.15, -0.1) is 0 Å². The van der Waals surface area contributed by atoms with Crippen LogP contribution in [0.5, 0.6) is 0 Å². The molecule has 2 aromatic carbocycles. The van der Waals surface area contributed by atoms with Gasteiger partial charge in [0.05, 0.1) is 4.90 Å². The van der Waals surface area contributed by atoms with Crippen LogP contribution in [0.2, 0.25) is 0 Å². The van der Waals surface area contributed by atoms with Gasteiger partial charge in [0.2, 0.25) is 10.0 Å². The SMILES string of the molecule is CN=C(NCc1ccc(C(=O)N(C)C)cc1)NCc1ccc(S(N)(=O)=O)cc1. The summed E-state index contributed by atoms with van der Waals surface area (Å²) < 4.78 is 22.6. The highest BCUT2D eigenvalue weighted by Crippen LogP contribution is 2.09. The second kappa shape index (κ2) is 9.34. The van der Waals surface area contributed by atoms with Gasteiger partial charge in [-0.1, -0.05) is 24.3 Å². The summed E-state index contributed by atoms with van der Waals surface area (Å²) in [7, 11) is 1.41. The number of nitrogens with zero attached hydrogens (tertiary/aromatic N) is 2. The van der Waals surface area contributed by atoms with Crippen LogP contribution >= 0.6 is 0 Å². The Morgan fingerprint density at radius 3 is 1.82 bits per heavy atom. The summed E-state index contributed by atoms with van der Waals surface area (Å²) in [5.41, 5.74) is 2.54. The lowest BCUT2D eigenvalue weighted by atomic mass is 10.1. The topological polar surface area (TPSA) is 117 Å². The summed E-state index contributed by atoms with van der Waals surface area (Å²) in [6.45, 7) is 1.02. The summed E-state index contributed by atoms with van der Waals surface area (Å²) in [5, 5.41) is 11.4. The number of rotatable bonds is 6. The standard InChI is InChI=1S/C19H25N5O3S/c1-21-19(23-13-15-6-10-17(11-7-15)28(20,26)27)22-12-14-4-8-16(9-5-14)18(25)24(2)3/h4-11H,12-13H2,1-3H3,(H2,20,26,27)(H2,21,22,23). The van der Waals surface area contributed by atoms with Gasteiger partial charge in [0.1, 0.15) is 0 Å². The maximum Gasteiger partial charge on any atom is 0.253 e. The van der Waals surface area contributed by atoms with Crippen molar-refractivity contribution in [1.29, 1.82) is 0 Å². The first-order valence-corrected chi connectivity index (χ1v) is 10.1. The second-order valence-corrected chi connectivity index (χ2v) is 7.93. The third kappa shape index (κ3) is 6.07. The Bertz CT molecular complexity index is 937. The lowest BCUT2D eigenvalue weighted by Gasteiger charge is -2.13. The van der Waals surface area contributed by atoms with Gasteiger partial charge in [-0.2, -0.15) is 0 Å². The van der Waals surface area contributed by atoms with Crippen LogP contribution in [0.25, 0.3) is 0 Å². The van der Waals surface area contributed by atoms with Crippen molar-refractivity contribution in [2.45, 2.75) is 18.0 Å². The fourth-order valence-corrected chi connectivity index (χ4v) is 2.93. The van der Waals surface area contributed by atoms with Crippen molar-refractivity contribution >= 4 is 21.9 Å². The molecule has 0 radical (unpaired) electrons. The van der Waals surface area contributed by atoms with Gasteiger partial charge < -0.3 is 15.5 Å². The quantitative estimate of drug-likeness (QED) is 0.489. The summed E-state index contributed by atoms with van der Waals surface area (Å²) in [4.78, 5) is 17.7. The summed E-state index contributed by atoms with van der Waals surface area (Å²) in [5.74, 6) is 0.564. The molecule has 0 saturated carbocycles. The number of carbonyl (C=O) groups excluding carboxylic acids is 1. The Morgan fingerprint density at radius 1 is 0.964 bits per heavy atom. The lowest BCUT2D eigenvalue weighted by molar-refractivity contribution is 0.0827. The van der Waals surface area contributed by atoms with Gasteiger partial charge in [0, 0.05) is 39.8 Å². The van der Waals surface area contributed by atoms with E-state index < -0.39 is 10.0 Å². The number of benzene rings is 2. The highest BCUT2D eigenvalue weighted by Gasteiger charge is 2.08. The monoisotopic (exact) mass is 403 g/mol. The molecule has 0 aliphatic carbocycles. The zero-order valence-corrected chi connectivity index (χ0v) is 17.0. The molecule has 150 valence electrons. The van der Waals surface area contributed by atoms with E-state index in [1.54, 1.807) is 45.4 Å². The van der Waals surface area contributed by atoms with E-state index in [9.17, 15) is 13.2 Å². The van der Waals surface area contributed by atoms with E-state index in [1.807, 2.05) is 12.1 Å². The number of nitrogens with two attached hydrogens (primary N) is 1. The van der Waals surface area contributed by atoms with Crippen LogP contribution < -0.4 is 15.8 Å². The Hall–Kier alpha value is -2.91. The molecule has 28 heavy (non-hydrogen) atoms. The van der Waals surface area contributed by atoms with Gasteiger partial charge in [-0.25, -0.2) is 13.6 Å². The largest absolute Gasteiger partial charge is 0.352 e. The van der Waals surface area contributed by atoms with Crippen LogP contribution in [-0.2, 0) is 23.1 Å². The Labute approximate surface area is 165 Å². The van der Waals surface area contributed by atoms with E-state index in [-0.39, 0.29) is 10.8 Å². The second-order valence-electron chi connectivity index (χ2n) is 6.36. The van der Waals surface area contributed by atoms with E-state index in [2.05, 4.69) is 15.6 Å². The normalized spacial score (nSPS) is 11.8. The predicted molar refractivity (Wildman–Crippen MR) is 109 cm³/mol. The fraction of sp³-hybridized carbons (Fsp3) is 0.263. The van der Waals surface area contributed by atoms with E-state index in [0.29, 0.717) is 24.6 Å². The third-order valence-corrected chi connectivity index (χ3v) is 4.93. The van der Waals surface area contributed by atoms with Gasteiger partial charge in [-0.05, 0) is 35.4 Å². The zero-order chi connectivity index (χ0) is 20.7. The highest BCUT2D eigenvalue weighted by atomic mass is 32.2. The molecule has 0 unspecified atom stereocenters. The molecule has 2 rings (SSSR count). The number of hydrogen-bond acceptors (Lipinski definition) is 4. The molecule has 0 aliphatic heterocycles. The number of carbonyl (C=O) groups is 1. The van der Waals surface area contributed by atoms with Crippen molar-refractivity contribution in [2.24, 2.45) is 10.1 Å². The van der Waals surface area contributed by atoms with Crippen LogP contribution in [0.4, 0.5) is 0 Å². The Balaban J connectivity index is 1.88. The zero-order valence-electron chi connectivity index (χ0n) is 16.1. The summed E-state index contributed by atoms with van der Waals surface area (Å²) >= 11 is 0. The minimum atomic E-state index is -3.69. The Morgan fingerprint density at radius 2 is 1.43 bits per heavy atom. The first-order valence-electron chi connectivity index (χ1n) is 8.57. The van der Waals surface area contributed by atoms with E-state index in [0.717, 1.165) is 11.1 Å². The minimum absolute atomic E-state index is 0.0366. The van der Waals surface area contributed by atoms with E-state index in [1.165, 1.54) is 17.0 Å². The molecule has 0 aromatic heterocycles. The molecular formula is C19H25N5O3S. The fourth-order valence-electron chi connectivity index (χ4n) is 2.41. The van der Waals surface area contributed by atoms with Gasteiger partial charge in [0.25, 0.3) is 5.91 Å². The molecule has 0 atom stereocenters. The molecule has 1 amide bonds. The van der Waals surface area contributed by atoms with Crippen LogP contribution in [0, 0.1) is 0 Å². The van der Waals surface area contributed by atoms with Crippen LogP contribution in [-0.4, -0.2) is 46.3 Å². The average molecular weight is 404 g/mol. The van der Waals surface area contributed by atoms with Crippen molar-refractivity contribution in [3.8, 4) is 0 Å². The van der Waals surface area contributed by atoms with Crippen LogP contribution in [0.3, 0.4) is 0 Å². The van der Waals surface area contributed by atoms with E-state index >= 15 is 0 Å². The molecule has 2 aromatic rings. The first-order chi connectivity index (χ1) is 13.2. The number of nitrogens with one attached hydrogen (secondary N) is 2.